The van der Waals surface area contributed by atoms with E-state index in [2.05, 4.69) is 120 Å². The van der Waals surface area contributed by atoms with Crippen molar-refractivity contribution in [3.8, 4) is 11.1 Å². The molecule has 0 bridgehead atoms. The van der Waals surface area contributed by atoms with E-state index in [0.717, 1.165) is 33.6 Å². The van der Waals surface area contributed by atoms with Gasteiger partial charge in [0.1, 0.15) is 0 Å². The smallest absolute Gasteiger partial charge is 0.225 e. The van der Waals surface area contributed by atoms with Crippen LogP contribution in [0.3, 0.4) is 0 Å². The lowest BCUT2D eigenvalue weighted by atomic mass is 9.81. The molecule has 2 amide bonds. The number of fused-ring (bicyclic) bond motifs is 6. The summed E-state index contributed by atoms with van der Waals surface area (Å²) in [5, 5.41) is 10.9. The highest BCUT2D eigenvalue weighted by molar-refractivity contribution is 6.02. The number of carbonyl (C=O) groups is 2. The van der Waals surface area contributed by atoms with Gasteiger partial charge in [-0.3, -0.25) is 9.59 Å². The first-order valence-corrected chi connectivity index (χ1v) is 14.5. The van der Waals surface area contributed by atoms with Crippen LogP contribution in [0.15, 0.2) is 121 Å². The van der Waals surface area contributed by atoms with Gasteiger partial charge < -0.3 is 10.6 Å². The molecule has 0 radical (unpaired) electrons. The maximum absolute atomic E-state index is 12.6. The van der Waals surface area contributed by atoms with Crippen molar-refractivity contribution >= 4 is 44.7 Å². The fourth-order valence-electron chi connectivity index (χ4n) is 6.92. The minimum Gasteiger partial charge on any atom is -0.326 e. The largest absolute Gasteiger partial charge is 0.326 e. The molecule has 6 aromatic carbocycles. The summed E-state index contributed by atoms with van der Waals surface area (Å²) in [7, 11) is 0. The van der Waals surface area contributed by atoms with E-state index in [-0.39, 0.29) is 23.7 Å². The third kappa shape index (κ3) is 4.07. The Morgan fingerprint density at radius 2 is 0.857 bits per heavy atom. The number of nitrogens with one attached hydrogen (secondary N) is 2. The van der Waals surface area contributed by atoms with Crippen LogP contribution in [0.4, 0.5) is 11.4 Å². The van der Waals surface area contributed by atoms with Crippen molar-refractivity contribution in [2.75, 3.05) is 10.6 Å². The van der Waals surface area contributed by atoms with Crippen LogP contribution in [0.2, 0.25) is 0 Å². The predicted octanol–water partition coefficient (Wildman–Crippen LogP) is 8.61. The SMILES string of the molecule is O=C1CC(c2ccc(-c3ccc(C4CC(=O)Nc5ccc6ccccc6c54)cc3)cc2)c2c(ccc3ccccc23)N1. The Morgan fingerprint density at radius 3 is 1.29 bits per heavy atom. The first-order chi connectivity index (χ1) is 20.6. The number of amides is 2. The summed E-state index contributed by atoms with van der Waals surface area (Å²) < 4.78 is 0. The second kappa shape index (κ2) is 9.71. The number of hydrogen-bond donors (Lipinski definition) is 2. The van der Waals surface area contributed by atoms with Gasteiger partial charge >= 0.3 is 0 Å². The van der Waals surface area contributed by atoms with Gasteiger partial charge in [-0.05, 0) is 67.1 Å². The highest BCUT2D eigenvalue weighted by Crippen LogP contribution is 2.43. The second-order valence-electron chi connectivity index (χ2n) is 11.3. The molecule has 2 unspecified atom stereocenters. The molecular formula is C38H28N2O2. The minimum absolute atomic E-state index is 0.00335. The van der Waals surface area contributed by atoms with Crippen molar-refractivity contribution < 1.29 is 9.59 Å². The van der Waals surface area contributed by atoms with Gasteiger partial charge in [-0.2, -0.15) is 0 Å². The number of rotatable bonds is 3. The van der Waals surface area contributed by atoms with Crippen LogP contribution in [0, 0.1) is 0 Å². The molecule has 42 heavy (non-hydrogen) atoms. The molecule has 0 aliphatic carbocycles. The second-order valence-corrected chi connectivity index (χ2v) is 11.3. The molecule has 2 heterocycles. The van der Waals surface area contributed by atoms with Gasteiger partial charge in [-0.25, -0.2) is 0 Å². The Morgan fingerprint density at radius 1 is 0.452 bits per heavy atom. The normalized spacial score (nSPS) is 17.8. The highest BCUT2D eigenvalue weighted by Gasteiger charge is 2.29. The van der Waals surface area contributed by atoms with Crippen LogP contribution in [-0.2, 0) is 9.59 Å². The maximum Gasteiger partial charge on any atom is 0.225 e. The standard InChI is InChI=1S/C38H28N2O2/c41-35-21-31(37-29-7-3-1-5-25(29)17-19-33(37)39-35)27-13-9-23(10-14-27)24-11-15-28(16-12-24)32-22-36(42)40-34-20-18-26-6-2-4-8-30(26)38(32)34/h1-20,31-32H,21-22H2,(H,39,41)(H,40,42). The Labute approximate surface area is 244 Å². The molecule has 8 rings (SSSR count). The summed E-state index contributed by atoms with van der Waals surface area (Å²) in [4.78, 5) is 25.3. The average Bonchev–Trinajstić information content (AvgIpc) is 3.03. The first kappa shape index (κ1) is 24.6. The molecule has 6 aromatic rings. The first-order valence-electron chi connectivity index (χ1n) is 14.5. The molecule has 4 nitrogen and oxygen atoms in total. The van der Waals surface area contributed by atoms with Gasteiger partial charge in [-0.15, -0.1) is 0 Å². The van der Waals surface area contributed by atoms with Crippen molar-refractivity contribution in [2.24, 2.45) is 0 Å². The van der Waals surface area contributed by atoms with Crippen LogP contribution in [0.5, 0.6) is 0 Å². The van der Waals surface area contributed by atoms with Crippen LogP contribution >= 0.6 is 0 Å². The number of benzene rings is 6. The number of carbonyl (C=O) groups excluding carboxylic acids is 2. The number of anilines is 2. The quantitative estimate of drug-likeness (QED) is 0.234. The summed E-state index contributed by atoms with van der Waals surface area (Å²) in [6.45, 7) is 0. The zero-order chi connectivity index (χ0) is 28.2. The fraction of sp³-hybridized carbons (Fsp3) is 0.105. The molecule has 0 fully saturated rings. The molecule has 4 heteroatoms. The third-order valence-corrected chi connectivity index (χ3v) is 8.92. The van der Waals surface area contributed by atoms with Gasteiger partial charge in [0.2, 0.25) is 11.8 Å². The summed E-state index contributed by atoms with van der Waals surface area (Å²) in [6.07, 6.45) is 0.861. The molecule has 2 aliphatic heterocycles. The molecule has 0 saturated carbocycles. The van der Waals surface area contributed by atoms with Crippen molar-refractivity contribution in [3.05, 3.63) is 144 Å². The molecule has 0 saturated heterocycles. The van der Waals surface area contributed by atoms with Crippen molar-refractivity contribution in [2.45, 2.75) is 24.7 Å². The molecule has 0 aromatic heterocycles. The van der Waals surface area contributed by atoms with E-state index in [1.807, 2.05) is 12.1 Å². The topological polar surface area (TPSA) is 58.2 Å². The van der Waals surface area contributed by atoms with Gasteiger partial charge in [0.15, 0.2) is 0 Å². The van der Waals surface area contributed by atoms with Crippen LogP contribution < -0.4 is 10.6 Å². The Balaban J connectivity index is 1.12. The van der Waals surface area contributed by atoms with E-state index in [1.165, 1.54) is 32.7 Å². The van der Waals surface area contributed by atoms with Crippen LogP contribution in [0.25, 0.3) is 32.7 Å². The van der Waals surface area contributed by atoms with Gasteiger partial charge in [-0.1, -0.05) is 109 Å². The van der Waals surface area contributed by atoms with E-state index < -0.39 is 0 Å². The van der Waals surface area contributed by atoms with Gasteiger partial charge in [0.25, 0.3) is 0 Å². The van der Waals surface area contributed by atoms with Crippen molar-refractivity contribution in [3.63, 3.8) is 0 Å². The zero-order valence-electron chi connectivity index (χ0n) is 22.9. The Bertz CT molecular complexity index is 1880. The molecule has 2 aliphatic rings. The van der Waals surface area contributed by atoms with Crippen molar-refractivity contribution in [1.82, 2.24) is 0 Å². The Kier molecular flexibility index (Phi) is 5.68. The minimum atomic E-state index is 0.00335. The lowest BCUT2D eigenvalue weighted by Crippen LogP contribution is -2.23. The molecule has 2 atom stereocenters. The Hall–Kier alpha value is -5.22. The predicted molar refractivity (Wildman–Crippen MR) is 170 cm³/mol. The van der Waals surface area contributed by atoms with E-state index >= 15 is 0 Å². The molecule has 202 valence electrons. The average molecular weight is 545 g/mol. The van der Waals surface area contributed by atoms with E-state index in [0.29, 0.717) is 12.8 Å². The molecular weight excluding hydrogens is 516 g/mol. The number of hydrogen-bond acceptors (Lipinski definition) is 2. The van der Waals surface area contributed by atoms with Crippen LogP contribution in [0.1, 0.15) is 46.9 Å². The summed E-state index contributed by atoms with van der Waals surface area (Å²) >= 11 is 0. The molecule has 0 spiro atoms. The van der Waals surface area contributed by atoms with E-state index in [4.69, 9.17) is 0 Å². The fourth-order valence-corrected chi connectivity index (χ4v) is 6.92. The lowest BCUT2D eigenvalue weighted by Gasteiger charge is -2.28. The van der Waals surface area contributed by atoms with Crippen molar-refractivity contribution in [1.29, 1.82) is 0 Å². The summed E-state index contributed by atoms with van der Waals surface area (Å²) in [5.74, 6) is 0.105. The zero-order valence-corrected chi connectivity index (χ0v) is 22.9. The van der Waals surface area contributed by atoms with E-state index in [9.17, 15) is 9.59 Å². The monoisotopic (exact) mass is 544 g/mol. The molecule has 2 N–H and O–H groups in total. The highest BCUT2D eigenvalue weighted by atomic mass is 16.2. The van der Waals surface area contributed by atoms with Crippen LogP contribution in [-0.4, -0.2) is 11.8 Å². The van der Waals surface area contributed by atoms with Gasteiger partial charge in [0.05, 0.1) is 0 Å². The maximum atomic E-state index is 12.6. The lowest BCUT2D eigenvalue weighted by molar-refractivity contribution is -0.117. The summed E-state index contributed by atoms with van der Waals surface area (Å²) in [5.41, 5.74) is 8.70. The van der Waals surface area contributed by atoms with Gasteiger partial charge in [0, 0.05) is 36.1 Å². The van der Waals surface area contributed by atoms with E-state index in [1.54, 1.807) is 0 Å². The third-order valence-electron chi connectivity index (χ3n) is 8.92. The summed E-state index contributed by atoms with van der Waals surface area (Å²) in [6, 6.07) is 42.2.